The van der Waals surface area contributed by atoms with Crippen LogP contribution in [-0.2, 0) is 15.0 Å². The fourth-order valence-electron chi connectivity index (χ4n) is 7.15. The van der Waals surface area contributed by atoms with Crippen LogP contribution in [0, 0.1) is 31.4 Å². The largest absolute Gasteiger partial charge is 0.349 e. The van der Waals surface area contributed by atoms with Gasteiger partial charge in [-0.25, -0.2) is 8.78 Å². The maximum Gasteiger partial charge on any atom is 0.227 e. The first-order valence-corrected chi connectivity index (χ1v) is 14.2. The van der Waals surface area contributed by atoms with E-state index in [1.54, 1.807) is 6.92 Å². The molecule has 5 nitrogen and oxygen atoms in total. The molecule has 0 saturated carbocycles. The molecule has 2 fully saturated rings. The fourth-order valence-corrected chi connectivity index (χ4v) is 7.15. The van der Waals surface area contributed by atoms with Gasteiger partial charge >= 0.3 is 0 Å². The van der Waals surface area contributed by atoms with Crippen LogP contribution in [0.4, 0.5) is 8.78 Å². The fraction of sp³-hybridized carbons (Fsp3) is 0.562. The van der Waals surface area contributed by atoms with Crippen LogP contribution in [0.1, 0.15) is 86.7 Å². The summed E-state index contributed by atoms with van der Waals surface area (Å²) in [5, 5.41) is 3.16. The van der Waals surface area contributed by atoms with E-state index < -0.39 is 11.6 Å². The quantitative estimate of drug-likeness (QED) is 0.560. The lowest BCUT2D eigenvalue weighted by Gasteiger charge is -2.41. The molecule has 3 unspecified atom stereocenters. The van der Waals surface area contributed by atoms with Crippen LogP contribution >= 0.6 is 0 Å². The summed E-state index contributed by atoms with van der Waals surface area (Å²) in [7, 11) is 0. The summed E-state index contributed by atoms with van der Waals surface area (Å²) in [6.07, 6.45) is 2.50. The van der Waals surface area contributed by atoms with Crippen molar-refractivity contribution in [3.05, 3.63) is 69.8 Å². The number of carbonyl (C=O) groups is 2. The summed E-state index contributed by atoms with van der Waals surface area (Å²) in [4.78, 5) is 30.2. The Morgan fingerprint density at radius 2 is 1.64 bits per heavy atom. The number of likely N-dealkylation sites (tertiary alicyclic amines) is 2. The lowest BCUT2D eigenvalue weighted by molar-refractivity contribution is -0.137. The third-order valence-corrected chi connectivity index (χ3v) is 9.56. The van der Waals surface area contributed by atoms with E-state index in [-0.39, 0.29) is 40.6 Å². The van der Waals surface area contributed by atoms with Gasteiger partial charge in [-0.15, -0.1) is 0 Å². The van der Waals surface area contributed by atoms with Gasteiger partial charge in [-0.1, -0.05) is 18.2 Å². The topological polar surface area (TPSA) is 52.7 Å². The van der Waals surface area contributed by atoms with Gasteiger partial charge < -0.3 is 10.2 Å². The van der Waals surface area contributed by atoms with Crippen molar-refractivity contribution in [3.8, 4) is 0 Å². The highest BCUT2D eigenvalue weighted by Gasteiger charge is 2.49. The summed E-state index contributed by atoms with van der Waals surface area (Å²) < 4.78 is 28.6. The van der Waals surface area contributed by atoms with Crippen LogP contribution in [0.25, 0.3) is 0 Å². The van der Waals surface area contributed by atoms with E-state index >= 15 is 0 Å². The maximum absolute atomic E-state index is 14.9. The molecule has 7 heteroatoms. The number of fused-ring (bicyclic) bond motifs is 2. The number of amides is 2. The first-order valence-electron chi connectivity index (χ1n) is 14.2. The minimum atomic E-state index is -0.606. The average molecular weight is 538 g/mol. The molecule has 0 bridgehead atoms. The van der Waals surface area contributed by atoms with E-state index in [1.807, 2.05) is 4.90 Å². The van der Waals surface area contributed by atoms with Gasteiger partial charge in [0, 0.05) is 56.0 Å². The molecule has 2 saturated heterocycles. The van der Waals surface area contributed by atoms with E-state index in [2.05, 4.69) is 57.0 Å². The van der Waals surface area contributed by atoms with Gasteiger partial charge in [-0.3, -0.25) is 14.5 Å². The van der Waals surface area contributed by atoms with E-state index in [4.69, 9.17) is 0 Å². The van der Waals surface area contributed by atoms with Gasteiger partial charge in [0.2, 0.25) is 11.8 Å². The Hall–Kier alpha value is -2.80. The zero-order valence-corrected chi connectivity index (χ0v) is 24.0. The Labute approximate surface area is 230 Å². The normalized spacial score (nSPS) is 24.7. The molecule has 3 atom stereocenters. The minimum absolute atomic E-state index is 0.0138. The molecule has 3 aliphatic rings. The molecule has 2 aromatic rings. The molecule has 1 aliphatic carbocycles. The van der Waals surface area contributed by atoms with Crippen LogP contribution in [-0.4, -0.2) is 53.3 Å². The summed E-state index contributed by atoms with van der Waals surface area (Å²) in [5.41, 5.74) is 5.15. The maximum atomic E-state index is 14.9. The third-order valence-electron chi connectivity index (χ3n) is 9.56. The molecule has 39 heavy (non-hydrogen) atoms. The Kier molecular flexibility index (Phi) is 7.11. The molecule has 2 aromatic carbocycles. The molecule has 2 aliphatic heterocycles. The molecule has 2 heterocycles. The highest BCUT2D eigenvalue weighted by atomic mass is 19.1. The second kappa shape index (κ2) is 9.99. The Bertz CT molecular complexity index is 1290. The minimum Gasteiger partial charge on any atom is -0.349 e. The Balaban J connectivity index is 1.38. The molecule has 2 amide bonds. The van der Waals surface area contributed by atoms with E-state index in [0.29, 0.717) is 31.7 Å². The SMILES string of the molecule is CC(=O)NC1CC2(CCN(C(=O)C3CN(C(C)(C)C)CC3c3ccc(F)cc3F)CC2)c2cc(C)c(C)cc21. The number of carbonyl (C=O) groups excluding carboxylic acids is 2. The molecule has 0 radical (unpaired) electrons. The number of hydrogen-bond acceptors (Lipinski definition) is 3. The van der Waals surface area contributed by atoms with Crippen LogP contribution < -0.4 is 5.32 Å². The van der Waals surface area contributed by atoms with Crippen LogP contribution in [0.5, 0.6) is 0 Å². The lowest BCUT2D eigenvalue weighted by atomic mass is 9.73. The van der Waals surface area contributed by atoms with E-state index in [0.717, 1.165) is 25.3 Å². The summed E-state index contributed by atoms with van der Waals surface area (Å²) in [6, 6.07) is 8.22. The molecule has 1 spiro atoms. The third kappa shape index (κ3) is 5.10. The number of aryl methyl sites for hydroxylation is 2. The van der Waals surface area contributed by atoms with E-state index in [9.17, 15) is 18.4 Å². The number of nitrogens with zero attached hydrogens (tertiary/aromatic N) is 2. The second-order valence-electron chi connectivity index (χ2n) is 13.0. The lowest BCUT2D eigenvalue weighted by Crippen LogP contribution is -2.48. The summed E-state index contributed by atoms with van der Waals surface area (Å²) >= 11 is 0. The number of rotatable bonds is 3. The highest BCUT2D eigenvalue weighted by molar-refractivity contribution is 5.81. The van der Waals surface area contributed by atoms with Gasteiger partial charge in [-0.05, 0) is 87.8 Å². The summed E-state index contributed by atoms with van der Waals surface area (Å²) in [6.45, 7) is 14.5. The highest BCUT2D eigenvalue weighted by Crippen LogP contribution is 2.52. The van der Waals surface area contributed by atoms with Gasteiger partial charge in [0.05, 0.1) is 12.0 Å². The number of benzene rings is 2. The van der Waals surface area contributed by atoms with Crippen LogP contribution in [0.2, 0.25) is 0 Å². The smallest absolute Gasteiger partial charge is 0.227 e. The van der Waals surface area contributed by atoms with Crippen LogP contribution in [0.3, 0.4) is 0 Å². The monoisotopic (exact) mass is 537 g/mol. The van der Waals surface area contributed by atoms with Gasteiger partial charge in [-0.2, -0.15) is 0 Å². The first kappa shape index (κ1) is 27.8. The standard InChI is InChI=1S/C32H41F2N3O2/c1-19-13-24-27(14-20(19)2)32(16-29(24)35-21(3)38)9-11-36(12-10-32)30(39)26-18-37(31(4,5)6)17-25(26)23-8-7-22(33)15-28(23)34/h7-8,13-15,25-26,29H,9-12,16-18H2,1-6H3,(H,35,38). The number of nitrogens with one attached hydrogen (secondary N) is 1. The van der Waals surface area contributed by atoms with Crippen molar-refractivity contribution in [1.82, 2.24) is 15.1 Å². The van der Waals surface area contributed by atoms with Crippen molar-refractivity contribution in [3.63, 3.8) is 0 Å². The molecular weight excluding hydrogens is 496 g/mol. The zero-order chi connectivity index (χ0) is 28.3. The molecule has 210 valence electrons. The predicted octanol–water partition coefficient (Wildman–Crippen LogP) is 5.54. The second-order valence-corrected chi connectivity index (χ2v) is 13.0. The Morgan fingerprint density at radius 3 is 2.26 bits per heavy atom. The molecule has 1 N–H and O–H groups in total. The van der Waals surface area contributed by atoms with Crippen LogP contribution in [0.15, 0.2) is 30.3 Å². The zero-order valence-electron chi connectivity index (χ0n) is 24.0. The molecule has 5 rings (SSSR count). The molecule has 0 aromatic heterocycles. The van der Waals surface area contributed by atoms with Crippen molar-refractivity contribution in [2.75, 3.05) is 26.2 Å². The first-order chi connectivity index (χ1) is 18.3. The van der Waals surface area contributed by atoms with E-state index in [1.165, 1.54) is 34.4 Å². The number of hydrogen-bond donors (Lipinski definition) is 1. The van der Waals surface area contributed by atoms with Crippen molar-refractivity contribution in [2.45, 2.75) is 83.7 Å². The van der Waals surface area contributed by atoms with Gasteiger partial charge in [0.15, 0.2) is 0 Å². The summed E-state index contributed by atoms with van der Waals surface area (Å²) in [5.74, 6) is -1.87. The van der Waals surface area contributed by atoms with Gasteiger partial charge in [0.25, 0.3) is 0 Å². The van der Waals surface area contributed by atoms with Crippen molar-refractivity contribution < 1.29 is 18.4 Å². The number of piperidine rings is 1. The average Bonchev–Trinajstić information content (AvgIpc) is 3.40. The Morgan fingerprint density at radius 1 is 0.974 bits per heavy atom. The predicted molar refractivity (Wildman–Crippen MR) is 148 cm³/mol. The molecular formula is C32H41F2N3O2. The van der Waals surface area contributed by atoms with Gasteiger partial charge in [0.1, 0.15) is 11.6 Å². The van der Waals surface area contributed by atoms with Crippen molar-refractivity contribution >= 4 is 11.8 Å². The number of halogens is 2. The van der Waals surface area contributed by atoms with Crippen molar-refractivity contribution in [2.24, 2.45) is 5.92 Å². The van der Waals surface area contributed by atoms with Crippen molar-refractivity contribution in [1.29, 1.82) is 0 Å².